The standard InChI is InChI=1S/C7H16N2O/c1-3-9(10-2)6-7-4-5-8-7/h7-8H,3-6H2,1-2H3. The third-order valence-corrected chi connectivity index (χ3v) is 1.96. The van der Waals surface area contributed by atoms with Crippen molar-refractivity contribution in [3.63, 3.8) is 0 Å². The minimum absolute atomic E-state index is 0.667. The summed E-state index contributed by atoms with van der Waals surface area (Å²) in [4.78, 5) is 5.10. The molecule has 0 radical (unpaired) electrons. The first-order valence-corrected chi connectivity index (χ1v) is 3.89. The van der Waals surface area contributed by atoms with E-state index in [4.69, 9.17) is 4.84 Å². The Balaban J connectivity index is 2.08. The molecule has 0 aliphatic carbocycles. The first-order valence-electron chi connectivity index (χ1n) is 3.89. The van der Waals surface area contributed by atoms with Crippen LogP contribution in [0.5, 0.6) is 0 Å². The summed E-state index contributed by atoms with van der Waals surface area (Å²) in [6, 6.07) is 0.667. The molecule has 1 atom stereocenters. The van der Waals surface area contributed by atoms with Crippen molar-refractivity contribution in [1.82, 2.24) is 10.4 Å². The zero-order chi connectivity index (χ0) is 7.40. The van der Waals surface area contributed by atoms with E-state index in [9.17, 15) is 0 Å². The second-order valence-corrected chi connectivity index (χ2v) is 2.60. The van der Waals surface area contributed by atoms with Crippen molar-refractivity contribution in [3.8, 4) is 0 Å². The van der Waals surface area contributed by atoms with Crippen molar-refractivity contribution in [2.45, 2.75) is 19.4 Å². The zero-order valence-corrected chi connectivity index (χ0v) is 6.76. The maximum absolute atomic E-state index is 5.10. The lowest BCUT2D eigenvalue weighted by molar-refractivity contribution is -0.135. The number of nitrogens with zero attached hydrogens (tertiary/aromatic N) is 1. The first-order chi connectivity index (χ1) is 4.86. The molecule has 1 aliphatic rings. The van der Waals surface area contributed by atoms with Crippen molar-refractivity contribution < 1.29 is 4.84 Å². The van der Waals surface area contributed by atoms with E-state index in [-0.39, 0.29) is 0 Å². The normalized spacial score (nSPS) is 24.9. The van der Waals surface area contributed by atoms with Gasteiger partial charge < -0.3 is 10.2 Å². The molecule has 0 spiro atoms. The van der Waals surface area contributed by atoms with E-state index >= 15 is 0 Å². The van der Waals surface area contributed by atoms with Crippen LogP contribution in [0.4, 0.5) is 0 Å². The Morgan fingerprint density at radius 1 is 1.70 bits per heavy atom. The second-order valence-electron chi connectivity index (χ2n) is 2.60. The van der Waals surface area contributed by atoms with Gasteiger partial charge in [-0.15, -0.1) is 0 Å². The van der Waals surface area contributed by atoms with Gasteiger partial charge in [-0.2, -0.15) is 5.06 Å². The van der Waals surface area contributed by atoms with Crippen molar-refractivity contribution in [2.75, 3.05) is 26.7 Å². The van der Waals surface area contributed by atoms with E-state index in [2.05, 4.69) is 12.2 Å². The maximum atomic E-state index is 5.10. The number of hydrogen-bond donors (Lipinski definition) is 1. The van der Waals surface area contributed by atoms with Crippen molar-refractivity contribution in [2.24, 2.45) is 0 Å². The van der Waals surface area contributed by atoms with Crippen LogP contribution in [0.2, 0.25) is 0 Å². The molecule has 1 N–H and O–H groups in total. The SMILES string of the molecule is CCN(CC1CCN1)OC. The van der Waals surface area contributed by atoms with Crippen LogP contribution in [0, 0.1) is 0 Å². The number of hydroxylamine groups is 2. The van der Waals surface area contributed by atoms with Crippen molar-refractivity contribution in [3.05, 3.63) is 0 Å². The molecule has 3 nitrogen and oxygen atoms in total. The molecule has 3 heteroatoms. The van der Waals surface area contributed by atoms with Crippen LogP contribution in [0.1, 0.15) is 13.3 Å². The van der Waals surface area contributed by atoms with E-state index in [1.54, 1.807) is 7.11 Å². The number of nitrogens with one attached hydrogen (secondary N) is 1. The molecular weight excluding hydrogens is 128 g/mol. The molecule has 10 heavy (non-hydrogen) atoms. The van der Waals surface area contributed by atoms with Crippen LogP contribution in [0.15, 0.2) is 0 Å². The number of hydrogen-bond acceptors (Lipinski definition) is 3. The van der Waals surface area contributed by atoms with Gasteiger partial charge in [-0.3, -0.25) is 0 Å². The molecule has 1 saturated heterocycles. The van der Waals surface area contributed by atoms with E-state index in [0.717, 1.165) is 13.1 Å². The zero-order valence-electron chi connectivity index (χ0n) is 6.76. The summed E-state index contributed by atoms with van der Waals surface area (Å²) in [7, 11) is 1.72. The van der Waals surface area contributed by atoms with Gasteiger partial charge in [0.15, 0.2) is 0 Å². The van der Waals surface area contributed by atoms with E-state index in [1.165, 1.54) is 13.0 Å². The number of rotatable bonds is 4. The minimum Gasteiger partial charge on any atom is -0.313 e. The largest absolute Gasteiger partial charge is 0.313 e. The van der Waals surface area contributed by atoms with Crippen molar-refractivity contribution >= 4 is 0 Å². The molecule has 60 valence electrons. The highest BCUT2D eigenvalue weighted by atomic mass is 16.7. The smallest absolute Gasteiger partial charge is 0.0575 e. The highest BCUT2D eigenvalue weighted by molar-refractivity contribution is 4.78. The first kappa shape index (κ1) is 7.98. The topological polar surface area (TPSA) is 24.5 Å². The molecule has 0 amide bonds. The molecule has 0 aromatic heterocycles. The van der Waals surface area contributed by atoms with Crippen LogP contribution < -0.4 is 5.32 Å². The van der Waals surface area contributed by atoms with Crippen LogP contribution in [-0.4, -0.2) is 37.8 Å². The monoisotopic (exact) mass is 144 g/mol. The Kier molecular flexibility index (Phi) is 3.12. The molecule has 1 heterocycles. The van der Waals surface area contributed by atoms with Gasteiger partial charge in [-0.1, -0.05) is 6.92 Å². The Labute approximate surface area is 62.3 Å². The Bertz CT molecular complexity index is 89.6. The molecule has 1 rings (SSSR count). The summed E-state index contributed by atoms with van der Waals surface area (Å²) in [5.41, 5.74) is 0. The van der Waals surface area contributed by atoms with Gasteiger partial charge in [-0.25, -0.2) is 0 Å². The third-order valence-electron chi connectivity index (χ3n) is 1.96. The Morgan fingerprint density at radius 3 is 2.70 bits per heavy atom. The minimum atomic E-state index is 0.667. The Morgan fingerprint density at radius 2 is 2.40 bits per heavy atom. The molecule has 1 aliphatic heterocycles. The summed E-state index contributed by atoms with van der Waals surface area (Å²) >= 11 is 0. The van der Waals surface area contributed by atoms with Crippen molar-refractivity contribution in [1.29, 1.82) is 0 Å². The lowest BCUT2D eigenvalue weighted by Gasteiger charge is -2.31. The van der Waals surface area contributed by atoms with Crippen LogP contribution in [0.25, 0.3) is 0 Å². The van der Waals surface area contributed by atoms with Gasteiger partial charge in [0.25, 0.3) is 0 Å². The molecule has 0 saturated carbocycles. The lowest BCUT2D eigenvalue weighted by atomic mass is 10.1. The van der Waals surface area contributed by atoms with E-state index < -0.39 is 0 Å². The van der Waals surface area contributed by atoms with Crippen LogP contribution in [0.3, 0.4) is 0 Å². The Hall–Kier alpha value is -0.120. The summed E-state index contributed by atoms with van der Waals surface area (Å²) in [5.74, 6) is 0. The molecular formula is C7H16N2O. The summed E-state index contributed by atoms with van der Waals surface area (Å²) in [6.45, 7) is 5.26. The van der Waals surface area contributed by atoms with E-state index in [1.807, 2.05) is 5.06 Å². The molecule has 0 aromatic carbocycles. The fourth-order valence-corrected chi connectivity index (χ4v) is 1.08. The lowest BCUT2D eigenvalue weighted by Crippen LogP contribution is -2.49. The molecule has 0 bridgehead atoms. The molecule has 1 unspecified atom stereocenters. The fourth-order valence-electron chi connectivity index (χ4n) is 1.08. The van der Waals surface area contributed by atoms with Gasteiger partial charge in [0.05, 0.1) is 7.11 Å². The summed E-state index contributed by atoms with van der Waals surface area (Å²) in [5, 5.41) is 5.29. The van der Waals surface area contributed by atoms with Gasteiger partial charge in [0.1, 0.15) is 0 Å². The predicted molar refractivity (Wildman–Crippen MR) is 40.7 cm³/mol. The number of likely N-dealkylation sites (N-methyl/N-ethyl adjacent to an activating group) is 1. The fraction of sp³-hybridized carbons (Fsp3) is 1.00. The maximum Gasteiger partial charge on any atom is 0.0575 e. The van der Waals surface area contributed by atoms with Gasteiger partial charge >= 0.3 is 0 Å². The second kappa shape index (κ2) is 3.91. The van der Waals surface area contributed by atoms with Crippen LogP contribution >= 0.6 is 0 Å². The predicted octanol–water partition coefficient (Wildman–Crippen LogP) is 0.232. The average Bonchev–Trinajstić information content (AvgIpc) is 1.87. The van der Waals surface area contributed by atoms with E-state index in [0.29, 0.717) is 6.04 Å². The highest BCUT2D eigenvalue weighted by Crippen LogP contribution is 2.03. The summed E-state index contributed by atoms with van der Waals surface area (Å²) in [6.07, 6.45) is 1.29. The third kappa shape index (κ3) is 1.94. The van der Waals surface area contributed by atoms with Gasteiger partial charge in [-0.05, 0) is 13.0 Å². The molecule has 1 fully saturated rings. The van der Waals surface area contributed by atoms with Crippen LogP contribution in [-0.2, 0) is 4.84 Å². The highest BCUT2D eigenvalue weighted by Gasteiger charge is 2.18. The quantitative estimate of drug-likeness (QED) is 0.572. The summed E-state index contributed by atoms with van der Waals surface area (Å²) < 4.78 is 0. The average molecular weight is 144 g/mol. The van der Waals surface area contributed by atoms with Gasteiger partial charge in [0.2, 0.25) is 0 Å². The van der Waals surface area contributed by atoms with Gasteiger partial charge in [0, 0.05) is 19.1 Å². The molecule has 0 aromatic rings.